The summed E-state index contributed by atoms with van der Waals surface area (Å²) in [5.41, 5.74) is 0.481. The number of isocyanates is 1. The zero-order chi connectivity index (χ0) is 12.3. The highest BCUT2D eigenvalue weighted by atomic mass is 16.5. The molecule has 1 aromatic rings. The molecule has 1 saturated carbocycles. The molecule has 0 heterocycles. The van der Waals surface area contributed by atoms with Crippen molar-refractivity contribution in [2.45, 2.75) is 25.3 Å². The molecule has 0 aliphatic heterocycles. The molecule has 4 nitrogen and oxygen atoms in total. The third-order valence-corrected chi connectivity index (χ3v) is 2.97. The van der Waals surface area contributed by atoms with Crippen LogP contribution in [-0.4, -0.2) is 19.8 Å². The van der Waals surface area contributed by atoms with Gasteiger partial charge in [0.15, 0.2) is 11.5 Å². The molecule has 0 aromatic heterocycles. The van der Waals surface area contributed by atoms with E-state index in [4.69, 9.17) is 9.47 Å². The van der Waals surface area contributed by atoms with Gasteiger partial charge in [-0.05, 0) is 25.8 Å². The van der Waals surface area contributed by atoms with E-state index in [0.29, 0.717) is 18.1 Å². The number of nitrogens with zero attached hydrogens (tertiary/aromatic N) is 1. The number of methoxy groups -OCH3 is 1. The van der Waals surface area contributed by atoms with E-state index in [0.717, 1.165) is 18.4 Å². The first kappa shape index (κ1) is 11.7. The number of hydrogen-bond acceptors (Lipinski definition) is 4. The van der Waals surface area contributed by atoms with E-state index in [2.05, 4.69) is 4.99 Å². The van der Waals surface area contributed by atoms with Gasteiger partial charge in [0, 0.05) is 5.56 Å². The minimum atomic E-state index is -0.430. The lowest BCUT2D eigenvalue weighted by molar-refractivity contribution is 0.307. The maximum absolute atomic E-state index is 10.5. The Morgan fingerprint density at radius 1 is 1.47 bits per heavy atom. The standard InChI is InChI=1S/C13H15NO3/c1-3-17-11-6-4-5-10(12(11)16-2)13(7-8-13)14-9-15/h4-6H,3,7-8H2,1-2H3. The molecule has 1 aliphatic carbocycles. The lowest BCUT2D eigenvalue weighted by atomic mass is 10.0. The Balaban J connectivity index is 2.47. The Kier molecular flexibility index (Phi) is 3.16. The average molecular weight is 233 g/mol. The van der Waals surface area contributed by atoms with Gasteiger partial charge in [0.2, 0.25) is 6.08 Å². The summed E-state index contributed by atoms with van der Waals surface area (Å²) in [7, 11) is 1.60. The van der Waals surface area contributed by atoms with Crippen LogP contribution in [0.3, 0.4) is 0 Å². The van der Waals surface area contributed by atoms with E-state index < -0.39 is 5.54 Å². The summed E-state index contributed by atoms with van der Waals surface area (Å²) >= 11 is 0. The molecule has 0 bridgehead atoms. The molecule has 0 N–H and O–H groups in total. The minimum Gasteiger partial charge on any atom is -0.492 e. The van der Waals surface area contributed by atoms with Gasteiger partial charge in [-0.3, -0.25) is 0 Å². The van der Waals surface area contributed by atoms with Gasteiger partial charge in [-0.1, -0.05) is 12.1 Å². The maximum atomic E-state index is 10.5. The van der Waals surface area contributed by atoms with Crippen molar-refractivity contribution in [3.63, 3.8) is 0 Å². The smallest absolute Gasteiger partial charge is 0.235 e. The molecule has 1 fully saturated rings. The molecule has 0 atom stereocenters. The van der Waals surface area contributed by atoms with Gasteiger partial charge in [0.05, 0.1) is 13.7 Å². The molecule has 1 aliphatic rings. The molecule has 0 saturated heterocycles. The minimum absolute atomic E-state index is 0.430. The number of aliphatic imine (C=N–C) groups is 1. The highest BCUT2D eigenvalue weighted by molar-refractivity contribution is 5.53. The highest BCUT2D eigenvalue weighted by Gasteiger charge is 2.47. The SMILES string of the molecule is CCOc1cccc(C2(N=C=O)CC2)c1OC. The number of hydrogen-bond donors (Lipinski definition) is 0. The largest absolute Gasteiger partial charge is 0.492 e. The van der Waals surface area contributed by atoms with Gasteiger partial charge in [-0.15, -0.1) is 0 Å². The van der Waals surface area contributed by atoms with Crippen LogP contribution in [0.25, 0.3) is 0 Å². The van der Waals surface area contributed by atoms with Gasteiger partial charge in [-0.25, -0.2) is 4.79 Å². The Hall–Kier alpha value is -1.80. The number of benzene rings is 1. The van der Waals surface area contributed by atoms with Crippen LogP contribution in [0.5, 0.6) is 11.5 Å². The topological polar surface area (TPSA) is 47.9 Å². The number of ether oxygens (including phenoxy) is 2. The summed E-state index contributed by atoms with van der Waals surface area (Å²) in [5, 5.41) is 0. The van der Waals surface area contributed by atoms with Crippen molar-refractivity contribution in [1.29, 1.82) is 0 Å². The fourth-order valence-electron chi connectivity index (χ4n) is 2.01. The van der Waals surface area contributed by atoms with E-state index in [9.17, 15) is 4.79 Å². The lowest BCUT2D eigenvalue weighted by Gasteiger charge is -2.16. The Labute approximate surface area is 100 Å². The predicted octanol–water partition coefficient (Wildman–Crippen LogP) is 2.42. The van der Waals surface area contributed by atoms with Crippen LogP contribution >= 0.6 is 0 Å². The van der Waals surface area contributed by atoms with Crippen molar-refractivity contribution in [2.75, 3.05) is 13.7 Å². The second-order valence-electron chi connectivity index (χ2n) is 4.00. The summed E-state index contributed by atoms with van der Waals surface area (Å²) in [4.78, 5) is 14.4. The van der Waals surface area contributed by atoms with Crippen molar-refractivity contribution in [3.8, 4) is 11.5 Å². The van der Waals surface area contributed by atoms with Crippen molar-refractivity contribution in [3.05, 3.63) is 23.8 Å². The van der Waals surface area contributed by atoms with Crippen LogP contribution in [0.1, 0.15) is 25.3 Å². The molecular formula is C13H15NO3. The van der Waals surface area contributed by atoms with Crippen LogP contribution < -0.4 is 9.47 Å². The zero-order valence-electron chi connectivity index (χ0n) is 10.0. The van der Waals surface area contributed by atoms with Gasteiger partial charge < -0.3 is 9.47 Å². The first-order valence-corrected chi connectivity index (χ1v) is 5.66. The Morgan fingerprint density at radius 3 is 2.76 bits per heavy atom. The second kappa shape index (κ2) is 4.60. The van der Waals surface area contributed by atoms with Crippen LogP contribution in [-0.2, 0) is 10.3 Å². The van der Waals surface area contributed by atoms with E-state index in [-0.39, 0.29) is 0 Å². The molecule has 0 spiro atoms. The molecular weight excluding hydrogens is 218 g/mol. The fourth-order valence-corrected chi connectivity index (χ4v) is 2.01. The van der Waals surface area contributed by atoms with Crippen molar-refractivity contribution >= 4 is 6.08 Å². The molecule has 4 heteroatoms. The lowest BCUT2D eigenvalue weighted by Crippen LogP contribution is -2.07. The van der Waals surface area contributed by atoms with E-state index in [1.807, 2.05) is 25.1 Å². The summed E-state index contributed by atoms with van der Waals surface area (Å²) in [6, 6.07) is 5.67. The number of rotatable bonds is 5. The monoisotopic (exact) mass is 233 g/mol. The third-order valence-electron chi connectivity index (χ3n) is 2.97. The summed E-state index contributed by atoms with van der Waals surface area (Å²) in [6.45, 7) is 2.49. The van der Waals surface area contributed by atoms with Gasteiger partial charge >= 0.3 is 0 Å². The normalized spacial score (nSPS) is 15.9. The predicted molar refractivity (Wildman–Crippen MR) is 63.2 cm³/mol. The van der Waals surface area contributed by atoms with Gasteiger partial charge in [-0.2, -0.15) is 4.99 Å². The maximum Gasteiger partial charge on any atom is 0.235 e. The van der Waals surface area contributed by atoms with E-state index >= 15 is 0 Å². The molecule has 17 heavy (non-hydrogen) atoms. The summed E-state index contributed by atoms with van der Waals surface area (Å²) in [6.07, 6.45) is 3.36. The molecule has 0 amide bonds. The first-order chi connectivity index (χ1) is 8.27. The number of carbonyl (C=O) groups excluding carboxylic acids is 1. The van der Waals surface area contributed by atoms with Crippen LogP contribution in [0, 0.1) is 0 Å². The van der Waals surface area contributed by atoms with Crippen molar-refractivity contribution in [1.82, 2.24) is 0 Å². The summed E-state index contributed by atoms with van der Waals surface area (Å²) in [5.74, 6) is 1.37. The number of para-hydroxylation sites is 1. The zero-order valence-corrected chi connectivity index (χ0v) is 10.0. The van der Waals surface area contributed by atoms with Crippen LogP contribution in [0.15, 0.2) is 23.2 Å². The van der Waals surface area contributed by atoms with Crippen molar-refractivity contribution in [2.24, 2.45) is 4.99 Å². The van der Waals surface area contributed by atoms with Gasteiger partial charge in [0.1, 0.15) is 5.54 Å². The Bertz CT molecular complexity index is 460. The van der Waals surface area contributed by atoms with Crippen LogP contribution in [0.4, 0.5) is 0 Å². The highest BCUT2D eigenvalue weighted by Crippen LogP contribution is 2.53. The molecule has 1 aromatic carbocycles. The van der Waals surface area contributed by atoms with Gasteiger partial charge in [0.25, 0.3) is 0 Å². The molecule has 0 radical (unpaired) electrons. The first-order valence-electron chi connectivity index (χ1n) is 5.66. The summed E-state index contributed by atoms with van der Waals surface area (Å²) < 4.78 is 10.9. The average Bonchev–Trinajstić information content (AvgIpc) is 3.11. The van der Waals surface area contributed by atoms with Crippen LogP contribution in [0.2, 0.25) is 0 Å². The Morgan fingerprint density at radius 2 is 2.24 bits per heavy atom. The quantitative estimate of drug-likeness (QED) is 0.579. The second-order valence-corrected chi connectivity index (χ2v) is 4.00. The third kappa shape index (κ3) is 2.04. The fraction of sp³-hybridized carbons (Fsp3) is 0.462. The molecule has 2 rings (SSSR count). The van der Waals surface area contributed by atoms with E-state index in [1.165, 1.54) is 0 Å². The molecule has 0 unspecified atom stereocenters. The van der Waals surface area contributed by atoms with E-state index in [1.54, 1.807) is 13.2 Å². The molecule has 90 valence electrons. The van der Waals surface area contributed by atoms with Crippen molar-refractivity contribution < 1.29 is 14.3 Å².